The number of hydrogen-bond acceptors (Lipinski definition) is 2. The molecule has 1 saturated heterocycles. The Morgan fingerprint density at radius 1 is 1.27 bits per heavy atom. The van der Waals surface area contributed by atoms with Crippen molar-refractivity contribution in [1.29, 1.82) is 0 Å². The first kappa shape index (κ1) is 11.4. The number of hydrogen-bond donors (Lipinski definition) is 1. The monoisotopic (exact) mass is 211 g/mol. The summed E-state index contributed by atoms with van der Waals surface area (Å²) in [6.45, 7) is 6.48. The lowest BCUT2D eigenvalue weighted by atomic mass is 9.83. The molecule has 2 aliphatic rings. The summed E-state index contributed by atoms with van der Waals surface area (Å²) in [4.78, 5) is 0. The lowest BCUT2D eigenvalue weighted by Crippen LogP contribution is -2.49. The quantitative estimate of drug-likeness (QED) is 0.775. The molecule has 0 amide bonds. The van der Waals surface area contributed by atoms with Gasteiger partial charge in [-0.15, -0.1) is 0 Å². The Hall–Kier alpha value is -0.0800. The van der Waals surface area contributed by atoms with Crippen molar-refractivity contribution in [3.8, 4) is 0 Å². The van der Waals surface area contributed by atoms with Gasteiger partial charge in [-0.3, -0.25) is 0 Å². The molecule has 1 unspecified atom stereocenters. The Morgan fingerprint density at radius 2 is 2.00 bits per heavy atom. The molecule has 1 aliphatic carbocycles. The minimum atomic E-state index is 0.268. The first-order chi connectivity index (χ1) is 7.22. The van der Waals surface area contributed by atoms with Crippen molar-refractivity contribution in [2.75, 3.05) is 13.2 Å². The molecule has 0 aromatic carbocycles. The second-order valence-corrected chi connectivity index (χ2v) is 5.63. The summed E-state index contributed by atoms with van der Waals surface area (Å²) in [6, 6.07) is 0.750. The van der Waals surface area contributed by atoms with E-state index in [1.165, 1.54) is 38.5 Å². The van der Waals surface area contributed by atoms with Gasteiger partial charge in [0.15, 0.2) is 0 Å². The zero-order valence-corrected chi connectivity index (χ0v) is 10.2. The van der Waals surface area contributed by atoms with Gasteiger partial charge in [0.2, 0.25) is 0 Å². The zero-order valence-electron chi connectivity index (χ0n) is 10.2. The molecule has 0 spiro atoms. The maximum atomic E-state index is 5.48. The van der Waals surface area contributed by atoms with Gasteiger partial charge in [0.1, 0.15) is 0 Å². The zero-order chi connectivity index (χ0) is 10.7. The molecule has 2 fully saturated rings. The van der Waals surface area contributed by atoms with Crippen LogP contribution in [0.25, 0.3) is 0 Å². The highest BCUT2D eigenvalue weighted by molar-refractivity contribution is 4.91. The molecule has 0 aromatic rings. The predicted molar refractivity (Wildman–Crippen MR) is 63.0 cm³/mol. The van der Waals surface area contributed by atoms with Gasteiger partial charge in [-0.2, -0.15) is 0 Å². The molecule has 1 N–H and O–H groups in total. The normalized spacial score (nSPS) is 42.0. The van der Waals surface area contributed by atoms with Gasteiger partial charge in [0.05, 0.1) is 6.61 Å². The second-order valence-electron chi connectivity index (χ2n) is 5.63. The van der Waals surface area contributed by atoms with Gasteiger partial charge >= 0.3 is 0 Å². The van der Waals surface area contributed by atoms with Crippen LogP contribution in [0.3, 0.4) is 0 Å². The van der Waals surface area contributed by atoms with Gasteiger partial charge in [-0.25, -0.2) is 0 Å². The van der Waals surface area contributed by atoms with Gasteiger partial charge in [0.25, 0.3) is 0 Å². The molecule has 2 heteroatoms. The molecule has 1 heterocycles. The van der Waals surface area contributed by atoms with E-state index in [-0.39, 0.29) is 5.54 Å². The lowest BCUT2D eigenvalue weighted by molar-refractivity contribution is 0.157. The maximum absolute atomic E-state index is 5.48. The van der Waals surface area contributed by atoms with Crippen LogP contribution in [0.15, 0.2) is 0 Å². The molecule has 0 bridgehead atoms. The molecule has 1 atom stereocenters. The highest BCUT2D eigenvalue weighted by Gasteiger charge is 2.32. The summed E-state index contributed by atoms with van der Waals surface area (Å²) >= 11 is 0. The summed E-state index contributed by atoms with van der Waals surface area (Å²) in [5, 5.41) is 3.81. The summed E-state index contributed by atoms with van der Waals surface area (Å²) in [7, 11) is 0. The van der Waals surface area contributed by atoms with Crippen LogP contribution in [0.5, 0.6) is 0 Å². The highest BCUT2D eigenvalue weighted by Crippen LogP contribution is 2.29. The van der Waals surface area contributed by atoms with Crippen molar-refractivity contribution >= 4 is 0 Å². The van der Waals surface area contributed by atoms with Gasteiger partial charge in [-0.1, -0.05) is 13.3 Å². The summed E-state index contributed by atoms with van der Waals surface area (Å²) in [6.07, 6.45) is 8.13. The van der Waals surface area contributed by atoms with E-state index in [0.29, 0.717) is 0 Å². The van der Waals surface area contributed by atoms with Crippen molar-refractivity contribution < 1.29 is 4.74 Å². The fourth-order valence-electron chi connectivity index (χ4n) is 2.99. The van der Waals surface area contributed by atoms with Crippen LogP contribution in [0.4, 0.5) is 0 Å². The Bertz CT molecular complexity index is 191. The number of nitrogens with one attached hydrogen (secondary N) is 1. The van der Waals surface area contributed by atoms with Crippen LogP contribution in [-0.4, -0.2) is 24.8 Å². The summed E-state index contributed by atoms with van der Waals surface area (Å²) in [5.41, 5.74) is 0.268. The molecule has 1 saturated carbocycles. The SMILES string of the molecule is CCC1CCC(NC2(C)CCOC2)CC1. The Balaban J connectivity index is 1.76. The molecule has 0 aromatic heterocycles. The van der Waals surface area contributed by atoms with Crippen molar-refractivity contribution in [3.63, 3.8) is 0 Å². The van der Waals surface area contributed by atoms with E-state index in [9.17, 15) is 0 Å². The molecule has 2 nitrogen and oxygen atoms in total. The van der Waals surface area contributed by atoms with Crippen LogP contribution in [-0.2, 0) is 4.74 Å². The molecule has 1 aliphatic heterocycles. The van der Waals surface area contributed by atoms with Gasteiger partial charge < -0.3 is 10.1 Å². The molecular formula is C13H25NO. The van der Waals surface area contributed by atoms with E-state index in [2.05, 4.69) is 19.2 Å². The predicted octanol–water partition coefficient (Wildman–Crippen LogP) is 2.72. The van der Waals surface area contributed by atoms with Crippen LogP contribution in [0.1, 0.15) is 52.4 Å². The van der Waals surface area contributed by atoms with E-state index in [0.717, 1.165) is 25.2 Å². The van der Waals surface area contributed by atoms with Crippen molar-refractivity contribution in [2.45, 2.75) is 64.0 Å². The first-order valence-corrected chi connectivity index (χ1v) is 6.57. The molecule has 15 heavy (non-hydrogen) atoms. The second kappa shape index (κ2) is 4.84. The average Bonchev–Trinajstić information content (AvgIpc) is 2.66. The van der Waals surface area contributed by atoms with Crippen molar-refractivity contribution in [2.24, 2.45) is 5.92 Å². The Kier molecular flexibility index (Phi) is 3.68. The van der Waals surface area contributed by atoms with E-state index in [4.69, 9.17) is 4.74 Å². The van der Waals surface area contributed by atoms with Crippen LogP contribution >= 0.6 is 0 Å². The smallest absolute Gasteiger partial charge is 0.0646 e. The van der Waals surface area contributed by atoms with Crippen LogP contribution in [0.2, 0.25) is 0 Å². The fourth-order valence-corrected chi connectivity index (χ4v) is 2.99. The van der Waals surface area contributed by atoms with E-state index in [1.807, 2.05) is 0 Å². The van der Waals surface area contributed by atoms with Crippen LogP contribution in [0, 0.1) is 5.92 Å². The number of ether oxygens (including phenoxy) is 1. The third-order valence-corrected chi connectivity index (χ3v) is 4.20. The van der Waals surface area contributed by atoms with Crippen LogP contribution < -0.4 is 5.32 Å². The third-order valence-electron chi connectivity index (χ3n) is 4.20. The molecular weight excluding hydrogens is 186 g/mol. The summed E-state index contributed by atoms with van der Waals surface area (Å²) in [5.74, 6) is 0.996. The Morgan fingerprint density at radius 3 is 2.53 bits per heavy atom. The minimum absolute atomic E-state index is 0.268. The summed E-state index contributed by atoms with van der Waals surface area (Å²) < 4.78 is 5.48. The topological polar surface area (TPSA) is 21.3 Å². The lowest BCUT2D eigenvalue weighted by Gasteiger charge is -2.35. The standard InChI is InChI=1S/C13H25NO/c1-3-11-4-6-12(7-5-11)14-13(2)8-9-15-10-13/h11-12,14H,3-10H2,1-2H3. The molecule has 0 radical (unpaired) electrons. The minimum Gasteiger partial charge on any atom is -0.379 e. The maximum Gasteiger partial charge on any atom is 0.0646 e. The largest absolute Gasteiger partial charge is 0.379 e. The third kappa shape index (κ3) is 2.94. The first-order valence-electron chi connectivity index (χ1n) is 6.57. The van der Waals surface area contributed by atoms with Gasteiger partial charge in [-0.05, 0) is 44.9 Å². The fraction of sp³-hybridized carbons (Fsp3) is 1.00. The van der Waals surface area contributed by atoms with Crippen molar-refractivity contribution in [1.82, 2.24) is 5.32 Å². The molecule has 88 valence electrons. The van der Waals surface area contributed by atoms with Gasteiger partial charge in [0, 0.05) is 18.2 Å². The molecule has 2 rings (SSSR count). The highest BCUT2D eigenvalue weighted by atomic mass is 16.5. The number of rotatable bonds is 3. The van der Waals surface area contributed by atoms with E-state index < -0.39 is 0 Å². The van der Waals surface area contributed by atoms with E-state index in [1.54, 1.807) is 0 Å². The Labute approximate surface area is 93.8 Å². The van der Waals surface area contributed by atoms with E-state index >= 15 is 0 Å². The average molecular weight is 211 g/mol. The van der Waals surface area contributed by atoms with Crippen molar-refractivity contribution in [3.05, 3.63) is 0 Å².